The molecule has 292 valence electrons. The molecule has 1 saturated heterocycles. The van der Waals surface area contributed by atoms with Gasteiger partial charge >= 0.3 is 0 Å². The second kappa shape index (κ2) is 21.6. The third kappa shape index (κ3) is 11.2. The molecule has 2 aromatic carbocycles. The molecule has 0 aromatic heterocycles. The maximum absolute atomic E-state index is 13.5. The standard InChI is InChI=1S/C38H54ClN3O5S.C2H6.CH4O/c1-4-6-28-21-32(39)11-13-33(28)31-24-42-23-30-9-12-34(30)36(46-20-17-41-15-18-45-19-16-41)8-5-7-26(2)27(3)48(44)40-38(43)29-10-14-37(47-25-31)35(42)22-29;2*1-2/h10-11,13-14,21-22,26-27,30-31,34,36H,4-9,12,15-20,23-25H2,1-3H3,(H,40,43);1-2H3;2H,1H3. The number of amides is 1. The number of fused-ring (bicyclic) bond motifs is 2. The van der Waals surface area contributed by atoms with E-state index in [0.29, 0.717) is 24.0 Å². The monoisotopic (exact) mass is 761 g/mol. The van der Waals surface area contributed by atoms with Crippen LogP contribution in [0.2, 0.25) is 5.02 Å². The van der Waals surface area contributed by atoms with Gasteiger partial charge in [-0.3, -0.25) is 14.4 Å². The van der Waals surface area contributed by atoms with Crippen LogP contribution in [0, 0.1) is 17.8 Å². The lowest BCUT2D eigenvalue weighted by Crippen LogP contribution is -2.46. The number of aliphatic hydroxyl groups is 1. The lowest BCUT2D eigenvalue weighted by Gasteiger charge is -2.45. The van der Waals surface area contributed by atoms with Crippen molar-refractivity contribution < 1.29 is 28.3 Å². The van der Waals surface area contributed by atoms with Gasteiger partial charge in [-0.15, -0.1) is 0 Å². The van der Waals surface area contributed by atoms with Crippen LogP contribution >= 0.6 is 11.6 Å². The van der Waals surface area contributed by atoms with E-state index in [0.717, 1.165) is 108 Å². The van der Waals surface area contributed by atoms with Crippen LogP contribution in [-0.4, -0.2) is 97.7 Å². The highest BCUT2D eigenvalue weighted by molar-refractivity contribution is 7.84. The normalized spacial score (nSPS) is 28.3. The quantitative estimate of drug-likeness (QED) is 0.305. The van der Waals surface area contributed by atoms with E-state index in [1.165, 1.54) is 24.0 Å². The fourth-order valence-electron chi connectivity index (χ4n) is 7.96. The Morgan fingerprint density at radius 3 is 2.50 bits per heavy atom. The Labute approximate surface area is 320 Å². The van der Waals surface area contributed by atoms with Crippen molar-refractivity contribution in [1.29, 1.82) is 0 Å². The topological polar surface area (TPSA) is 101 Å². The van der Waals surface area contributed by atoms with Crippen molar-refractivity contribution in [2.75, 3.05) is 71.2 Å². The van der Waals surface area contributed by atoms with Crippen molar-refractivity contribution in [2.24, 2.45) is 17.8 Å². The number of aliphatic hydroxyl groups excluding tert-OH is 1. The Kier molecular flexibility index (Phi) is 17.7. The first kappa shape index (κ1) is 42.5. The molecule has 2 bridgehead atoms. The van der Waals surface area contributed by atoms with E-state index in [9.17, 15) is 9.00 Å². The third-order valence-corrected chi connectivity index (χ3v) is 13.0. The second-order valence-corrected chi connectivity index (χ2v) is 16.4. The highest BCUT2D eigenvalue weighted by Gasteiger charge is 2.40. The first-order valence-corrected chi connectivity index (χ1v) is 21.3. The molecule has 3 heterocycles. The summed E-state index contributed by atoms with van der Waals surface area (Å²) in [6, 6.07) is 11.9. The number of hydrogen-bond donors (Lipinski definition) is 2. The number of benzene rings is 2. The van der Waals surface area contributed by atoms with Gasteiger partial charge in [-0.1, -0.05) is 58.2 Å². The van der Waals surface area contributed by atoms with E-state index in [1.807, 2.05) is 39.0 Å². The van der Waals surface area contributed by atoms with E-state index in [1.54, 1.807) is 6.07 Å². The summed E-state index contributed by atoms with van der Waals surface area (Å²) < 4.78 is 35.0. The number of carbonyl (C=O) groups excluding carboxylic acids is 1. The summed E-state index contributed by atoms with van der Waals surface area (Å²) in [5.41, 5.74) is 4.01. The van der Waals surface area contributed by atoms with Gasteiger partial charge in [0.2, 0.25) is 0 Å². The number of hydrogen-bond acceptors (Lipinski definition) is 8. The summed E-state index contributed by atoms with van der Waals surface area (Å²) in [7, 11) is -0.490. The number of carbonyl (C=O) groups is 1. The average Bonchev–Trinajstić information content (AvgIpc) is 3.33. The minimum Gasteiger partial charge on any atom is -0.491 e. The maximum Gasteiger partial charge on any atom is 0.263 e. The fourth-order valence-corrected chi connectivity index (χ4v) is 9.20. The molecular formula is C41H64ClN3O6S. The predicted molar refractivity (Wildman–Crippen MR) is 213 cm³/mol. The van der Waals surface area contributed by atoms with Gasteiger partial charge in [0.15, 0.2) is 0 Å². The molecule has 2 aromatic rings. The van der Waals surface area contributed by atoms with Crippen LogP contribution in [0.4, 0.5) is 5.69 Å². The molecular weight excluding hydrogens is 698 g/mol. The number of ether oxygens (including phenoxy) is 3. The maximum atomic E-state index is 13.5. The average molecular weight is 762 g/mol. The van der Waals surface area contributed by atoms with Gasteiger partial charge in [0, 0.05) is 56.3 Å². The summed E-state index contributed by atoms with van der Waals surface area (Å²) in [4.78, 5) is 18.4. The molecule has 1 aliphatic carbocycles. The Morgan fingerprint density at radius 2 is 1.79 bits per heavy atom. The SMILES string of the molecule is CC.CCCc1cc(Cl)ccc1C1COc2ccc3cc2N(C1)CC1CCC1C(OCCN1CCOCC1)CCCC(C)C(C)S(=O)NC3=O.CO. The van der Waals surface area contributed by atoms with Gasteiger partial charge in [0.25, 0.3) is 5.91 Å². The molecule has 4 aliphatic rings. The van der Waals surface area contributed by atoms with E-state index in [2.05, 4.69) is 40.5 Å². The minimum absolute atomic E-state index is 0.146. The van der Waals surface area contributed by atoms with Crippen LogP contribution in [0.5, 0.6) is 5.75 Å². The molecule has 11 heteroatoms. The predicted octanol–water partition coefficient (Wildman–Crippen LogP) is 7.26. The first-order valence-electron chi connectivity index (χ1n) is 19.7. The number of nitrogens with one attached hydrogen (secondary N) is 1. The molecule has 2 N–H and O–H groups in total. The minimum atomic E-state index is -1.49. The molecule has 1 amide bonds. The Hall–Kier alpha value is -2.21. The Morgan fingerprint density at radius 1 is 1.02 bits per heavy atom. The molecule has 7 unspecified atom stereocenters. The lowest BCUT2D eigenvalue weighted by atomic mass is 9.69. The zero-order valence-corrected chi connectivity index (χ0v) is 34.0. The van der Waals surface area contributed by atoms with Crippen molar-refractivity contribution in [3.05, 3.63) is 58.1 Å². The summed E-state index contributed by atoms with van der Waals surface area (Å²) in [6.07, 6.45) is 7.51. The van der Waals surface area contributed by atoms with Gasteiger partial charge in [0.1, 0.15) is 16.7 Å². The van der Waals surface area contributed by atoms with Crippen LogP contribution in [0.15, 0.2) is 36.4 Å². The summed E-state index contributed by atoms with van der Waals surface area (Å²) in [5, 5.41) is 7.61. The van der Waals surface area contributed by atoms with Crippen LogP contribution < -0.4 is 14.4 Å². The summed E-state index contributed by atoms with van der Waals surface area (Å²) in [5.74, 6) is 1.81. The first-order chi connectivity index (χ1) is 25.3. The fraction of sp³-hybridized carbons (Fsp3) is 0.683. The molecule has 0 radical (unpaired) electrons. The van der Waals surface area contributed by atoms with Crippen LogP contribution in [0.25, 0.3) is 0 Å². The van der Waals surface area contributed by atoms with E-state index in [4.69, 9.17) is 30.9 Å². The van der Waals surface area contributed by atoms with Crippen molar-refractivity contribution in [1.82, 2.24) is 9.62 Å². The summed E-state index contributed by atoms with van der Waals surface area (Å²) >= 11 is 6.47. The van der Waals surface area contributed by atoms with Gasteiger partial charge in [-0.25, -0.2) is 4.21 Å². The van der Waals surface area contributed by atoms with Crippen molar-refractivity contribution >= 4 is 34.2 Å². The molecule has 9 nitrogen and oxygen atoms in total. The number of halogens is 1. The number of nitrogens with zero attached hydrogens (tertiary/aromatic N) is 2. The van der Waals surface area contributed by atoms with Crippen LogP contribution in [0.1, 0.15) is 101 Å². The van der Waals surface area contributed by atoms with Gasteiger partial charge in [0.05, 0.1) is 43.5 Å². The number of morpholine rings is 1. The molecule has 6 rings (SSSR count). The van der Waals surface area contributed by atoms with Crippen LogP contribution in [0.3, 0.4) is 0 Å². The summed E-state index contributed by atoms with van der Waals surface area (Å²) in [6.45, 7) is 17.7. The highest BCUT2D eigenvalue weighted by Crippen LogP contribution is 2.44. The van der Waals surface area contributed by atoms with Gasteiger partial charge in [-0.05, 0) is 98.2 Å². The van der Waals surface area contributed by atoms with E-state index in [-0.39, 0.29) is 29.1 Å². The Bertz CT molecular complexity index is 1420. The molecule has 1 saturated carbocycles. The number of aryl methyl sites for hydroxylation is 1. The Balaban J connectivity index is 0.00000146. The van der Waals surface area contributed by atoms with Crippen LogP contribution in [-0.2, 0) is 26.9 Å². The molecule has 0 spiro atoms. The molecule has 7 atom stereocenters. The lowest BCUT2D eigenvalue weighted by molar-refractivity contribution is -0.0586. The molecule has 3 aliphatic heterocycles. The van der Waals surface area contributed by atoms with E-state index < -0.39 is 11.0 Å². The highest BCUT2D eigenvalue weighted by atomic mass is 35.5. The zero-order valence-electron chi connectivity index (χ0n) is 32.4. The molecule has 2 fully saturated rings. The number of rotatable bonds is 7. The van der Waals surface area contributed by atoms with E-state index >= 15 is 0 Å². The van der Waals surface area contributed by atoms with Crippen molar-refractivity contribution in [3.8, 4) is 5.75 Å². The third-order valence-electron chi connectivity index (χ3n) is 11.2. The zero-order chi connectivity index (χ0) is 37.6. The van der Waals surface area contributed by atoms with Gasteiger partial charge in [-0.2, -0.15) is 0 Å². The smallest absolute Gasteiger partial charge is 0.263 e. The number of anilines is 1. The van der Waals surface area contributed by atoms with Gasteiger partial charge < -0.3 is 24.2 Å². The second-order valence-electron chi connectivity index (χ2n) is 14.4. The van der Waals surface area contributed by atoms with Crippen molar-refractivity contribution in [3.63, 3.8) is 0 Å². The van der Waals surface area contributed by atoms with Crippen molar-refractivity contribution in [2.45, 2.75) is 96.8 Å². The largest absolute Gasteiger partial charge is 0.491 e. The molecule has 52 heavy (non-hydrogen) atoms.